The van der Waals surface area contributed by atoms with Crippen LogP contribution in [0.25, 0.3) is 0 Å². The van der Waals surface area contributed by atoms with E-state index in [9.17, 15) is 9.59 Å². The third-order valence-electron chi connectivity index (χ3n) is 10.6. The van der Waals surface area contributed by atoms with Gasteiger partial charge >= 0.3 is 5.97 Å². The molecule has 40 heavy (non-hydrogen) atoms. The minimum atomic E-state index is -0.941. The lowest BCUT2D eigenvalue weighted by Crippen LogP contribution is -2.41. The number of rotatable bonds is 11. The topological polar surface area (TPSA) is 91.3 Å². The van der Waals surface area contributed by atoms with Crippen LogP contribution in [0.2, 0.25) is 0 Å². The van der Waals surface area contributed by atoms with Crippen molar-refractivity contribution in [1.29, 1.82) is 0 Å². The number of fused-ring (bicyclic) bond motifs is 2. The van der Waals surface area contributed by atoms with E-state index in [1.54, 1.807) is 11.8 Å². The number of hydrogen-bond donors (Lipinski definition) is 3. The van der Waals surface area contributed by atoms with Crippen LogP contribution in [0.4, 0.5) is 10.8 Å². The molecule has 4 aliphatic carbocycles. The first kappa shape index (κ1) is 25.8. The predicted molar refractivity (Wildman–Crippen MR) is 158 cm³/mol. The van der Waals surface area contributed by atoms with E-state index in [4.69, 9.17) is 5.11 Å². The molecule has 2 aromatic carbocycles. The standard InChI is InChI=1S/C33H37N3O3S/c37-29(38)14-27-19-40-31(35-27)36-30(39)24-9-7-21(8-10-24)18-34-28-6-2-1-4-23(28)5-3-11-32-15-22-12-25-13-26(17-32)33(25,16-22)20-32/h1-2,4,6-10,19,22,25-26,34H,3,5,11-18,20H2,(H,37,38)(H,35,36,39). The molecule has 1 heterocycles. The lowest BCUT2D eigenvalue weighted by Gasteiger charge is -2.49. The maximum absolute atomic E-state index is 12.6. The molecule has 4 fully saturated rings. The molecular formula is C33H37N3O3S. The second-order valence-corrected chi connectivity index (χ2v) is 13.8. The first-order chi connectivity index (χ1) is 19.4. The number of carboxylic acid groups (broad SMARTS) is 1. The van der Waals surface area contributed by atoms with Crippen LogP contribution < -0.4 is 10.6 Å². The number of para-hydroxylation sites is 1. The second kappa shape index (κ2) is 10.0. The molecular weight excluding hydrogens is 518 g/mol. The van der Waals surface area contributed by atoms with Gasteiger partial charge in [-0.1, -0.05) is 30.3 Å². The van der Waals surface area contributed by atoms with Gasteiger partial charge in [0.05, 0.1) is 12.1 Å². The molecule has 208 valence electrons. The highest BCUT2D eigenvalue weighted by Gasteiger charge is 2.70. The van der Waals surface area contributed by atoms with Gasteiger partial charge in [0.25, 0.3) is 5.91 Å². The summed E-state index contributed by atoms with van der Waals surface area (Å²) in [7, 11) is 0. The summed E-state index contributed by atoms with van der Waals surface area (Å²) in [5.74, 6) is 1.97. The molecule has 1 aromatic heterocycles. The van der Waals surface area contributed by atoms with E-state index >= 15 is 0 Å². The van der Waals surface area contributed by atoms with Crippen LogP contribution >= 0.6 is 11.3 Å². The van der Waals surface area contributed by atoms with Gasteiger partial charge < -0.3 is 10.4 Å². The highest BCUT2D eigenvalue weighted by Crippen LogP contribution is 2.79. The summed E-state index contributed by atoms with van der Waals surface area (Å²) in [6.07, 6.45) is 12.8. The van der Waals surface area contributed by atoms with E-state index in [-0.39, 0.29) is 12.3 Å². The number of aryl methyl sites for hydroxylation is 1. The molecule has 6 nitrogen and oxygen atoms in total. The highest BCUT2D eigenvalue weighted by molar-refractivity contribution is 7.14. The molecule has 0 saturated heterocycles. The highest BCUT2D eigenvalue weighted by atomic mass is 32.1. The molecule has 0 radical (unpaired) electrons. The Balaban J connectivity index is 0.919. The van der Waals surface area contributed by atoms with Crippen molar-refractivity contribution in [1.82, 2.24) is 4.98 Å². The summed E-state index contributed by atoms with van der Waals surface area (Å²) < 4.78 is 0. The third kappa shape index (κ3) is 4.72. The average molecular weight is 556 g/mol. The van der Waals surface area contributed by atoms with Gasteiger partial charge in [0.1, 0.15) is 0 Å². The zero-order valence-corrected chi connectivity index (χ0v) is 23.6. The van der Waals surface area contributed by atoms with Crippen molar-refractivity contribution in [3.63, 3.8) is 0 Å². The van der Waals surface area contributed by atoms with Gasteiger partial charge in [-0.15, -0.1) is 11.3 Å². The second-order valence-electron chi connectivity index (χ2n) is 13.0. The number of carbonyl (C=O) groups is 2. The molecule has 4 aliphatic rings. The van der Waals surface area contributed by atoms with Gasteiger partial charge in [0, 0.05) is 23.2 Å². The van der Waals surface area contributed by atoms with Crippen molar-refractivity contribution >= 4 is 34.0 Å². The zero-order valence-electron chi connectivity index (χ0n) is 22.8. The van der Waals surface area contributed by atoms with Gasteiger partial charge in [-0.25, -0.2) is 4.98 Å². The van der Waals surface area contributed by atoms with Crippen molar-refractivity contribution in [2.45, 2.75) is 70.8 Å². The Labute approximate surface area is 239 Å². The number of nitrogens with one attached hydrogen (secondary N) is 2. The molecule has 5 atom stereocenters. The van der Waals surface area contributed by atoms with Gasteiger partial charge in [0.15, 0.2) is 5.13 Å². The van der Waals surface area contributed by atoms with Gasteiger partial charge in [0.2, 0.25) is 0 Å². The van der Waals surface area contributed by atoms with Crippen molar-refractivity contribution < 1.29 is 14.7 Å². The van der Waals surface area contributed by atoms with Crippen LogP contribution in [0.5, 0.6) is 0 Å². The fraction of sp³-hybridized carbons (Fsp3) is 0.485. The minimum absolute atomic E-state index is 0.153. The van der Waals surface area contributed by atoms with Crippen molar-refractivity contribution in [3.8, 4) is 0 Å². The summed E-state index contributed by atoms with van der Waals surface area (Å²) in [6, 6.07) is 16.3. The Hall–Kier alpha value is -3.19. The average Bonchev–Trinajstić information content (AvgIpc) is 3.50. The van der Waals surface area contributed by atoms with E-state index < -0.39 is 5.97 Å². The van der Waals surface area contributed by atoms with Crippen LogP contribution in [0, 0.1) is 28.6 Å². The molecule has 3 N–H and O–H groups in total. The Morgan fingerprint density at radius 1 is 1.02 bits per heavy atom. The predicted octanol–water partition coefficient (Wildman–Crippen LogP) is 7.17. The molecule has 7 heteroatoms. The Bertz CT molecular complexity index is 1430. The van der Waals surface area contributed by atoms with Crippen LogP contribution in [0.3, 0.4) is 0 Å². The number of hydrogen-bond acceptors (Lipinski definition) is 5. The fourth-order valence-electron chi connectivity index (χ4n) is 9.14. The Morgan fingerprint density at radius 3 is 2.73 bits per heavy atom. The monoisotopic (exact) mass is 555 g/mol. The summed E-state index contributed by atoms with van der Waals surface area (Å²) in [5, 5.41) is 17.4. The van der Waals surface area contributed by atoms with Gasteiger partial charge in [-0.2, -0.15) is 0 Å². The molecule has 1 amide bonds. The number of amides is 1. The van der Waals surface area contributed by atoms with Gasteiger partial charge in [-0.05, 0) is 116 Å². The lowest BCUT2D eigenvalue weighted by molar-refractivity contribution is -0.136. The summed E-state index contributed by atoms with van der Waals surface area (Å²) in [5.41, 5.74) is 6.13. The number of thiazole rings is 1. The summed E-state index contributed by atoms with van der Waals surface area (Å²) in [6.45, 7) is 0.696. The quantitative estimate of drug-likeness (QED) is 0.233. The first-order valence-electron chi connectivity index (χ1n) is 14.8. The van der Waals surface area contributed by atoms with Crippen LogP contribution in [-0.2, 0) is 24.2 Å². The number of carbonyl (C=O) groups excluding carboxylic acids is 1. The number of anilines is 2. The lowest BCUT2D eigenvalue weighted by atomic mass is 9.55. The summed E-state index contributed by atoms with van der Waals surface area (Å²) in [4.78, 5) is 27.6. The molecule has 5 unspecified atom stereocenters. The number of carboxylic acids is 1. The Kier molecular flexibility index (Phi) is 6.45. The van der Waals surface area contributed by atoms with Crippen molar-refractivity contribution in [2.24, 2.45) is 28.6 Å². The molecule has 0 aliphatic heterocycles. The normalized spacial score (nSPS) is 29.1. The molecule has 1 spiro atoms. The van der Waals surface area contributed by atoms with E-state index in [0.717, 1.165) is 35.2 Å². The minimum Gasteiger partial charge on any atom is -0.481 e. The number of benzene rings is 2. The molecule has 4 saturated carbocycles. The molecule has 7 rings (SSSR count). The SMILES string of the molecule is O=C(O)Cc1csc(NC(=O)c2ccc(CNc3ccccc3CCCC34CC5CC6CC(C3)C6(C5)C4)cc2)n1. The smallest absolute Gasteiger partial charge is 0.309 e. The zero-order chi connectivity index (χ0) is 27.3. The molecule has 3 bridgehead atoms. The van der Waals surface area contributed by atoms with Crippen molar-refractivity contribution in [2.75, 3.05) is 10.6 Å². The van der Waals surface area contributed by atoms with E-state index in [1.807, 2.05) is 24.3 Å². The maximum Gasteiger partial charge on any atom is 0.309 e. The van der Waals surface area contributed by atoms with Crippen molar-refractivity contribution in [3.05, 3.63) is 76.3 Å². The number of aromatic nitrogens is 1. The van der Waals surface area contributed by atoms with Crippen LogP contribution in [0.15, 0.2) is 53.9 Å². The van der Waals surface area contributed by atoms with Gasteiger partial charge in [-0.3, -0.25) is 14.9 Å². The third-order valence-corrected chi connectivity index (χ3v) is 11.4. The number of nitrogens with zero attached hydrogens (tertiary/aromatic N) is 1. The summed E-state index contributed by atoms with van der Waals surface area (Å²) >= 11 is 1.23. The first-order valence-corrected chi connectivity index (χ1v) is 15.7. The molecule has 3 aromatic rings. The maximum atomic E-state index is 12.6. The van der Waals surface area contributed by atoms with Crippen LogP contribution in [0.1, 0.15) is 78.5 Å². The van der Waals surface area contributed by atoms with Crippen LogP contribution in [-0.4, -0.2) is 22.0 Å². The number of aliphatic carboxylic acids is 1. The Morgan fingerprint density at radius 2 is 1.88 bits per heavy atom. The van der Waals surface area contributed by atoms with E-state index in [2.05, 4.69) is 39.9 Å². The largest absolute Gasteiger partial charge is 0.481 e. The van der Waals surface area contributed by atoms with E-state index in [1.165, 1.54) is 67.5 Å². The fourth-order valence-corrected chi connectivity index (χ4v) is 9.84. The van der Waals surface area contributed by atoms with E-state index in [0.29, 0.717) is 28.3 Å².